The first-order valence-electron chi connectivity index (χ1n) is 5.37. The molecule has 0 aromatic carbocycles. The van der Waals surface area contributed by atoms with Crippen molar-refractivity contribution in [1.82, 2.24) is 0 Å². The van der Waals surface area contributed by atoms with Gasteiger partial charge in [-0.25, -0.2) is 0 Å². The van der Waals surface area contributed by atoms with Gasteiger partial charge in [0.2, 0.25) is 0 Å². The molecule has 3 heteroatoms. The Morgan fingerprint density at radius 3 is 0.615 bits per heavy atom. The smallest absolute Gasteiger partial charge is 0.0421 e. The van der Waals surface area contributed by atoms with Crippen molar-refractivity contribution >= 4 is 24.2 Å². The predicted molar refractivity (Wildman–Crippen MR) is 73.8 cm³/mol. The number of hydrogen-bond acceptors (Lipinski definition) is 0. The van der Waals surface area contributed by atoms with Crippen LogP contribution in [0.1, 0.15) is 0 Å². The maximum atomic E-state index is 2.56. The second kappa shape index (κ2) is 3.66. The molecule has 0 aromatic rings. The fourth-order valence-corrected chi connectivity index (χ4v) is 35.1. The van der Waals surface area contributed by atoms with Gasteiger partial charge in [0.1, 0.15) is 0 Å². The van der Waals surface area contributed by atoms with Gasteiger partial charge in [0, 0.05) is 24.2 Å². The van der Waals surface area contributed by atoms with E-state index in [0.29, 0.717) is 0 Å². The average Bonchev–Trinajstić information content (AvgIpc) is 1.44. The van der Waals surface area contributed by atoms with Crippen LogP contribution in [0, 0.1) is 0 Å². The molecular formula is C10H28Si3. The summed E-state index contributed by atoms with van der Waals surface area (Å²) in [6.45, 7) is 23.1. The standard InChI is InChI=1S/C10H28Si3/c1-11(2,3)10(12(4,5)6)13(7,8)9/h10H,1-9H3. The molecule has 0 atom stereocenters. The van der Waals surface area contributed by atoms with Gasteiger partial charge in [0.15, 0.2) is 0 Å². The quantitative estimate of drug-likeness (QED) is 0.631. The molecule has 80 valence electrons. The first-order chi connectivity index (χ1) is 5.37. The molecule has 0 fully saturated rings. The molecule has 0 aliphatic carbocycles. The molecule has 0 unspecified atom stereocenters. The van der Waals surface area contributed by atoms with Crippen molar-refractivity contribution in [2.75, 3.05) is 0 Å². The Kier molecular flexibility index (Phi) is 3.85. The summed E-state index contributed by atoms with van der Waals surface area (Å²) in [5.74, 6) is 0. The third kappa shape index (κ3) is 4.13. The van der Waals surface area contributed by atoms with Crippen LogP contribution in [-0.4, -0.2) is 24.2 Å². The molecule has 0 radical (unpaired) electrons. The molecule has 0 rings (SSSR count). The van der Waals surface area contributed by atoms with E-state index >= 15 is 0 Å². The van der Waals surface area contributed by atoms with Crippen molar-refractivity contribution in [3.63, 3.8) is 0 Å². The highest BCUT2D eigenvalue weighted by atomic mass is 28.5. The Labute approximate surface area is 88.2 Å². The second-order valence-corrected chi connectivity index (χ2v) is 25.2. The van der Waals surface area contributed by atoms with Crippen LogP contribution in [0.3, 0.4) is 0 Å². The Morgan fingerprint density at radius 2 is 0.615 bits per heavy atom. The Balaban J connectivity index is 5.02. The average molecular weight is 233 g/mol. The molecule has 0 saturated carbocycles. The molecule has 0 aliphatic heterocycles. The zero-order chi connectivity index (χ0) is 11.1. The van der Waals surface area contributed by atoms with Crippen LogP contribution >= 0.6 is 0 Å². The summed E-state index contributed by atoms with van der Waals surface area (Å²) in [6, 6.07) is 0. The van der Waals surface area contributed by atoms with Gasteiger partial charge in [0.25, 0.3) is 0 Å². The normalized spacial score (nSPS) is 15.2. The summed E-state index contributed by atoms with van der Waals surface area (Å²) in [5, 5.41) is 0. The van der Waals surface area contributed by atoms with E-state index in [2.05, 4.69) is 58.9 Å². The van der Waals surface area contributed by atoms with E-state index < -0.39 is 24.2 Å². The molecular weight excluding hydrogens is 204 g/mol. The maximum absolute atomic E-state index is 2.56. The van der Waals surface area contributed by atoms with Crippen molar-refractivity contribution < 1.29 is 0 Å². The Morgan fingerprint density at radius 1 is 0.462 bits per heavy atom. The van der Waals surface area contributed by atoms with Crippen LogP contribution < -0.4 is 0 Å². The Hall–Kier alpha value is 0.651. The van der Waals surface area contributed by atoms with Gasteiger partial charge in [-0.05, 0) is 0 Å². The van der Waals surface area contributed by atoms with E-state index in [1.54, 1.807) is 0 Å². The van der Waals surface area contributed by atoms with Crippen LogP contribution in [0.15, 0.2) is 0 Å². The summed E-state index contributed by atoms with van der Waals surface area (Å²) in [4.78, 5) is 1.15. The first-order valence-corrected chi connectivity index (χ1v) is 16.1. The number of rotatable bonds is 3. The lowest BCUT2D eigenvalue weighted by Crippen LogP contribution is -2.55. The van der Waals surface area contributed by atoms with Gasteiger partial charge in [-0.15, -0.1) is 0 Å². The lowest BCUT2D eigenvalue weighted by molar-refractivity contribution is 1.34. The van der Waals surface area contributed by atoms with Gasteiger partial charge in [-0.3, -0.25) is 0 Å². The summed E-state index contributed by atoms with van der Waals surface area (Å²) < 4.78 is 0. The van der Waals surface area contributed by atoms with Crippen molar-refractivity contribution in [3.8, 4) is 0 Å². The van der Waals surface area contributed by atoms with Gasteiger partial charge >= 0.3 is 0 Å². The SMILES string of the molecule is C[Si](C)(C)C([Si](C)(C)C)[Si](C)(C)C. The fraction of sp³-hybridized carbons (Fsp3) is 1.00. The van der Waals surface area contributed by atoms with E-state index in [4.69, 9.17) is 0 Å². The van der Waals surface area contributed by atoms with Crippen molar-refractivity contribution in [2.45, 2.75) is 63.7 Å². The van der Waals surface area contributed by atoms with Gasteiger partial charge in [-0.1, -0.05) is 63.7 Å². The maximum Gasteiger partial charge on any atom is 0.0421 e. The molecule has 0 aromatic heterocycles. The minimum atomic E-state index is -0.934. The van der Waals surface area contributed by atoms with Crippen molar-refractivity contribution in [3.05, 3.63) is 0 Å². The van der Waals surface area contributed by atoms with Crippen LogP contribution in [0.25, 0.3) is 0 Å². The minimum absolute atomic E-state index is 0.934. The molecule has 13 heavy (non-hydrogen) atoms. The molecule has 0 spiro atoms. The summed E-state index contributed by atoms with van der Waals surface area (Å²) in [5.41, 5.74) is 0. The highest BCUT2D eigenvalue weighted by molar-refractivity contribution is 7.12. The summed E-state index contributed by atoms with van der Waals surface area (Å²) in [7, 11) is -2.80. The van der Waals surface area contributed by atoms with E-state index in [9.17, 15) is 0 Å². The highest BCUT2D eigenvalue weighted by Crippen LogP contribution is 2.39. The first kappa shape index (κ1) is 13.7. The topological polar surface area (TPSA) is 0 Å². The molecule has 0 bridgehead atoms. The van der Waals surface area contributed by atoms with Crippen LogP contribution in [-0.2, 0) is 0 Å². The minimum Gasteiger partial charge on any atom is -0.0698 e. The van der Waals surface area contributed by atoms with Crippen molar-refractivity contribution in [2.24, 2.45) is 0 Å². The van der Waals surface area contributed by atoms with Crippen LogP contribution in [0.5, 0.6) is 0 Å². The van der Waals surface area contributed by atoms with Gasteiger partial charge < -0.3 is 0 Å². The second-order valence-electron chi connectivity index (χ2n) is 7.53. The summed E-state index contributed by atoms with van der Waals surface area (Å²) >= 11 is 0. The largest absolute Gasteiger partial charge is 0.0698 e. The fourth-order valence-electron chi connectivity index (χ4n) is 3.90. The predicted octanol–water partition coefficient (Wildman–Crippen LogP) is 4.45. The van der Waals surface area contributed by atoms with Crippen molar-refractivity contribution in [1.29, 1.82) is 0 Å². The molecule has 0 aliphatic rings. The Bertz CT molecular complexity index is 133. The zero-order valence-electron chi connectivity index (χ0n) is 11.1. The van der Waals surface area contributed by atoms with Crippen LogP contribution in [0.4, 0.5) is 0 Å². The lowest BCUT2D eigenvalue weighted by atomic mass is 11.7. The van der Waals surface area contributed by atoms with E-state index in [1.807, 2.05) is 0 Å². The molecule has 0 saturated heterocycles. The molecule has 0 nitrogen and oxygen atoms in total. The van der Waals surface area contributed by atoms with E-state index in [1.165, 1.54) is 0 Å². The van der Waals surface area contributed by atoms with E-state index in [-0.39, 0.29) is 0 Å². The number of hydrogen-bond donors (Lipinski definition) is 0. The monoisotopic (exact) mass is 232 g/mol. The zero-order valence-corrected chi connectivity index (χ0v) is 14.1. The third-order valence-corrected chi connectivity index (χ3v) is 23.4. The molecule has 0 heterocycles. The third-order valence-electron chi connectivity index (χ3n) is 2.60. The highest BCUT2D eigenvalue weighted by Gasteiger charge is 2.45. The van der Waals surface area contributed by atoms with Crippen LogP contribution in [0.2, 0.25) is 63.7 Å². The summed E-state index contributed by atoms with van der Waals surface area (Å²) in [6.07, 6.45) is 0. The molecule has 0 amide bonds. The van der Waals surface area contributed by atoms with Gasteiger partial charge in [-0.2, -0.15) is 0 Å². The van der Waals surface area contributed by atoms with Gasteiger partial charge in [0.05, 0.1) is 0 Å². The molecule has 0 N–H and O–H groups in total. The lowest BCUT2D eigenvalue weighted by Gasteiger charge is -2.46. The van der Waals surface area contributed by atoms with E-state index in [0.717, 1.165) is 4.79 Å².